The summed E-state index contributed by atoms with van der Waals surface area (Å²) in [5.74, 6) is 0.223. The molecule has 0 atom stereocenters. The third kappa shape index (κ3) is 3.23. The zero-order valence-electron chi connectivity index (χ0n) is 12.0. The maximum atomic E-state index is 12.5. The van der Waals surface area contributed by atoms with Crippen molar-refractivity contribution in [3.8, 4) is 0 Å². The summed E-state index contributed by atoms with van der Waals surface area (Å²) in [6.45, 7) is 1.28. The Bertz CT molecular complexity index is 658. The molecule has 1 fully saturated rings. The van der Waals surface area contributed by atoms with Gasteiger partial charge in [-0.05, 0) is 48.6 Å². The molecule has 114 valence electrons. The first-order valence-electron chi connectivity index (χ1n) is 7.27. The molecular weight excluding hydrogens is 318 g/mol. The molecule has 0 radical (unpaired) electrons. The average molecular weight is 334 g/mol. The number of nitrogens with zero attached hydrogens (tertiary/aromatic N) is 1. The van der Waals surface area contributed by atoms with Crippen LogP contribution in [-0.2, 0) is 0 Å². The lowest BCUT2D eigenvalue weighted by atomic mass is 9.89. The smallest absolute Gasteiger partial charge is 0.263 e. The summed E-state index contributed by atoms with van der Waals surface area (Å²) in [5.41, 5.74) is 0.701. The van der Waals surface area contributed by atoms with Crippen molar-refractivity contribution in [2.45, 2.75) is 12.8 Å². The monoisotopic (exact) mass is 333 g/mol. The second kappa shape index (κ2) is 6.63. The number of halogens is 1. The van der Waals surface area contributed by atoms with Crippen molar-refractivity contribution in [3.05, 3.63) is 57.2 Å². The van der Waals surface area contributed by atoms with E-state index in [1.54, 1.807) is 24.3 Å². The molecule has 1 aromatic heterocycles. The van der Waals surface area contributed by atoms with Crippen molar-refractivity contribution in [1.29, 1.82) is 0 Å². The van der Waals surface area contributed by atoms with Gasteiger partial charge in [0.25, 0.3) is 5.91 Å². The molecule has 1 aliphatic rings. The van der Waals surface area contributed by atoms with Crippen LogP contribution < -0.4 is 0 Å². The molecule has 2 aromatic rings. The predicted molar refractivity (Wildman–Crippen MR) is 88.7 cm³/mol. The summed E-state index contributed by atoms with van der Waals surface area (Å²) in [6, 6.07) is 10.8. The van der Waals surface area contributed by atoms with Gasteiger partial charge < -0.3 is 4.90 Å². The highest BCUT2D eigenvalue weighted by Crippen LogP contribution is 2.24. The number of piperidine rings is 1. The molecule has 0 bridgehead atoms. The average Bonchev–Trinajstić information content (AvgIpc) is 3.09. The van der Waals surface area contributed by atoms with Crippen LogP contribution in [0.3, 0.4) is 0 Å². The molecule has 3 rings (SSSR count). The van der Waals surface area contributed by atoms with E-state index in [-0.39, 0.29) is 17.6 Å². The van der Waals surface area contributed by atoms with Crippen LogP contribution >= 0.6 is 22.9 Å². The van der Waals surface area contributed by atoms with Crippen LogP contribution in [0.5, 0.6) is 0 Å². The molecule has 2 heterocycles. The number of benzene rings is 1. The number of rotatable bonds is 3. The first kappa shape index (κ1) is 15.3. The van der Waals surface area contributed by atoms with Gasteiger partial charge in [0.05, 0.1) is 4.88 Å². The first-order valence-corrected chi connectivity index (χ1v) is 8.53. The Morgan fingerprint density at radius 1 is 1.09 bits per heavy atom. The fraction of sp³-hybridized carbons (Fsp3) is 0.294. The Morgan fingerprint density at radius 3 is 2.36 bits per heavy atom. The van der Waals surface area contributed by atoms with Crippen molar-refractivity contribution in [1.82, 2.24) is 4.90 Å². The molecule has 22 heavy (non-hydrogen) atoms. The largest absolute Gasteiger partial charge is 0.338 e. The van der Waals surface area contributed by atoms with E-state index in [0.29, 0.717) is 23.7 Å². The lowest BCUT2D eigenvalue weighted by Gasteiger charge is -2.31. The van der Waals surface area contributed by atoms with E-state index in [2.05, 4.69) is 0 Å². The molecule has 0 spiro atoms. The number of likely N-dealkylation sites (tertiary alicyclic amines) is 1. The third-order valence-electron chi connectivity index (χ3n) is 4.01. The Balaban J connectivity index is 1.60. The lowest BCUT2D eigenvalue weighted by Crippen LogP contribution is -2.40. The fourth-order valence-corrected chi connectivity index (χ4v) is 3.57. The summed E-state index contributed by atoms with van der Waals surface area (Å²) in [6.07, 6.45) is 1.44. The molecule has 0 N–H and O–H groups in total. The van der Waals surface area contributed by atoms with Gasteiger partial charge in [0.1, 0.15) is 0 Å². The van der Waals surface area contributed by atoms with Gasteiger partial charge in [0.2, 0.25) is 0 Å². The van der Waals surface area contributed by atoms with Gasteiger partial charge in [-0.3, -0.25) is 9.59 Å². The van der Waals surface area contributed by atoms with E-state index in [1.807, 2.05) is 22.4 Å². The minimum Gasteiger partial charge on any atom is -0.338 e. The van der Waals surface area contributed by atoms with Crippen molar-refractivity contribution in [3.63, 3.8) is 0 Å². The SMILES string of the molecule is O=C(c1ccc(Cl)cc1)C1CCN(C(=O)c2cccs2)CC1. The quantitative estimate of drug-likeness (QED) is 0.792. The summed E-state index contributed by atoms with van der Waals surface area (Å²) < 4.78 is 0. The number of amides is 1. The van der Waals surface area contributed by atoms with E-state index in [9.17, 15) is 9.59 Å². The van der Waals surface area contributed by atoms with E-state index >= 15 is 0 Å². The summed E-state index contributed by atoms with van der Waals surface area (Å²) in [7, 11) is 0. The van der Waals surface area contributed by atoms with Crippen LogP contribution in [-0.4, -0.2) is 29.7 Å². The van der Waals surface area contributed by atoms with Crippen molar-refractivity contribution >= 4 is 34.6 Å². The highest BCUT2D eigenvalue weighted by Gasteiger charge is 2.28. The van der Waals surface area contributed by atoms with E-state index in [0.717, 1.165) is 17.7 Å². The number of ketones is 1. The topological polar surface area (TPSA) is 37.4 Å². The van der Waals surface area contributed by atoms with Crippen molar-refractivity contribution in [2.24, 2.45) is 5.92 Å². The number of Topliss-reactive ketones (excluding diaryl/α,β-unsaturated/α-hetero) is 1. The van der Waals surface area contributed by atoms with Gasteiger partial charge in [-0.15, -0.1) is 11.3 Å². The van der Waals surface area contributed by atoms with Gasteiger partial charge in [-0.1, -0.05) is 17.7 Å². The summed E-state index contributed by atoms with van der Waals surface area (Å²) in [5, 5.41) is 2.54. The Labute approximate surface area is 138 Å². The minimum absolute atomic E-state index is 0.00596. The molecule has 0 aliphatic carbocycles. The second-order valence-corrected chi connectivity index (χ2v) is 6.80. The van der Waals surface area contributed by atoms with Crippen LogP contribution in [0.15, 0.2) is 41.8 Å². The molecule has 0 unspecified atom stereocenters. The zero-order chi connectivity index (χ0) is 15.5. The lowest BCUT2D eigenvalue weighted by molar-refractivity contribution is 0.0654. The van der Waals surface area contributed by atoms with Gasteiger partial charge in [-0.2, -0.15) is 0 Å². The Hall–Kier alpha value is -1.65. The summed E-state index contributed by atoms with van der Waals surface area (Å²) >= 11 is 7.31. The van der Waals surface area contributed by atoms with Gasteiger partial charge in [0, 0.05) is 29.6 Å². The molecule has 1 aromatic carbocycles. The van der Waals surface area contributed by atoms with Crippen molar-refractivity contribution < 1.29 is 9.59 Å². The Kier molecular flexibility index (Phi) is 4.60. The Morgan fingerprint density at radius 2 is 1.77 bits per heavy atom. The zero-order valence-corrected chi connectivity index (χ0v) is 13.6. The number of hydrogen-bond acceptors (Lipinski definition) is 3. The second-order valence-electron chi connectivity index (χ2n) is 5.41. The molecule has 1 aliphatic heterocycles. The standard InChI is InChI=1S/C17H16ClNO2S/c18-14-5-3-12(4-6-14)16(20)13-7-9-19(10-8-13)17(21)15-2-1-11-22-15/h1-6,11,13H,7-10H2. The van der Waals surface area contributed by atoms with Crippen LogP contribution in [0, 0.1) is 5.92 Å². The molecule has 1 amide bonds. The number of carbonyl (C=O) groups is 2. The fourth-order valence-electron chi connectivity index (χ4n) is 2.75. The first-order chi connectivity index (χ1) is 10.6. The van der Waals surface area contributed by atoms with Crippen LogP contribution in [0.2, 0.25) is 5.02 Å². The van der Waals surface area contributed by atoms with Crippen LogP contribution in [0.25, 0.3) is 0 Å². The predicted octanol–water partition coefficient (Wildman–Crippen LogP) is 4.14. The number of carbonyl (C=O) groups excluding carboxylic acids is 2. The molecule has 3 nitrogen and oxygen atoms in total. The minimum atomic E-state index is -0.00596. The van der Waals surface area contributed by atoms with Crippen LogP contribution in [0.4, 0.5) is 0 Å². The molecule has 5 heteroatoms. The highest BCUT2D eigenvalue weighted by atomic mass is 35.5. The maximum absolute atomic E-state index is 12.5. The van der Waals surface area contributed by atoms with E-state index in [4.69, 9.17) is 11.6 Å². The maximum Gasteiger partial charge on any atom is 0.263 e. The molecular formula is C17H16ClNO2S. The van der Waals surface area contributed by atoms with Gasteiger partial charge >= 0.3 is 0 Å². The summed E-state index contributed by atoms with van der Waals surface area (Å²) in [4.78, 5) is 27.4. The molecule has 1 saturated heterocycles. The van der Waals surface area contributed by atoms with E-state index in [1.165, 1.54) is 11.3 Å². The number of hydrogen-bond donors (Lipinski definition) is 0. The number of thiophene rings is 1. The normalized spacial score (nSPS) is 15.8. The van der Waals surface area contributed by atoms with Gasteiger partial charge in [-0.25, -0.2) is 0 Å². The van der Waals surface area contributed by atoms with E-state index < -0.39 is 0 Å². The van der Waals surface area contributed by atoms with Crippen molar-refractivity contribution in [2.75, 3.05) is 13.1 Å². The molecule has 0 saturated carbocycles. The van der Waals surface area contributed by atoms with Crippen LogP contribution in [0.1, 0.15) is 32.9 Å². The third-order valence-corrected chi connectivity index (χ3v) is 5.12. The highest BCUT2D eigenvalue weighted by molar-refractivity contribution is 7.12. The van der Waals surface area contributed by atoms with Gasteiger partial charge in [0.15, 0.2) is 5.78 Å².